The van der Waals surface area contributed by atoms with E-state index in [2.05, 4.69) is 59.6 Å². The first-order chi connectivity index (χ1) is 6.29. The van der Waals surface area contributed by atoms with E-state index in [1.807, 2.05) is 0 Å². The van der Waals surface area contributed by atoms with Crippen molar-refractivity contribution in [2.45, 2.75) is 54.0 Å². The van der Waals surface area contributed by atoms with Gasteiger partial charge in [-0.25, -0.2) is 0 Å². The molecule has 0 rings (SSSR count). The molecule has 0 aliphatic heterocycles. The molecule has 0 fully saturated rings. The first-order valence-electron chi connectivity index (χ1n) is 5.65. The third-order valence-electron chi connectivity index (χ3n) is 2.93. The molecule has 0 atom stereocenters. The number of nitrogens with zero attached hydrogens (tertiary/aromatic N) is 1. The van der Waals surface area contributed by atoms with Gasteiger partial charge < -0.3 is 4.90 Å². The Labute approximate surface area is 90.2 Å². The van der Waals surface area contributed by atoms with Crippen molar-refractivity contribution >= 4 is 0 Å². The minimum atomic E-state index is 0.326. The van der Waals surface area contributed by atoms with Crippen LogP contribution in [0.5, 0.6) is 0 Å². The van der Waals surface area contributed by atoms with E-state index in [9.17, 15) is 0 Å². The second-order valence-corrected chi connectivity index (χ2v) is 5.39. The SMILES string of the molecule is C/C=C(\CCN(C)C(C)C)C(C)(C)C. The molecule has 84 valence electrons. The van der Waals surface area contributed by atoms with Crippen molar-refractivity contribution in [1.82, 2.24) is 4.90 Å². The molecule has 0 unspecified atom stereocenters. The van der Waals surface area contributed by atoms with Crippen LogP contribution < -0.4 is 0 Å². The number of rotatable bonds is 4. The Morgan fingerprint density at radius 3 is 2.07 bits per heavy atom. The number of allylic oxidation sites excluding steroid dienone is 1. The molecule has 0 spiro atoms. The Kier molecular flexibility index (Phi) is 5.43. The first kappa shape index (κ1) is 13.7. The third-order valence-corrected chi connectivity index (χ3v) is 2.93. The van der Waals surface area contributed by atoms with Crippen molar-refractivity contribution in [2.24, 2.45) is 5.41 Å². The molecule has 1 nitrogen and oxygen atoms in total. The molecular weight excluding hydrogens is 170 g/mol. The summed E-state index contributed by atoms with van der Waals surface area (Å²) in [5.41, 5.74) is 1.89. The summed E-state index contributed by atoms with van der Waals surface area (Å²) in [4.78, 5) is 2.40. The van der Waals surface area contributed by atoms with E-state index in [0.717, 1.165) is 6.54 Å². The normalized spacial score (nSPS) is 14.2. The predicted molar refractivity (Wildman–Crippen MR) is 65.6 cm³/mol. The van der Waals surface area contributed by atoms with Crippen LogP contribution in [0.4, 0.5) is 0 Å². The summed E-state index contributed by atoms with van der Waals surface area (Å²) in [7, 11) is 2.20. The largest absolute Gasteiger partial charge is 0.304 e. The zero-order chi connectivity index (χ0) is 11.4. The molecule has 0 saturated heterocycles. The van der Waals surface area contributed by atoms with E-state index in [1.54, 1.807) is 5.57 Å². The van der Waals surface area contributed by atoms with Gasteiger partial charge in [-0.3, -0.25) is 0 Å². The lowest BCUT2D eigenvalue weighted by atomic mass is 9.84. The molecule has 0 amide bonds. The van der Waals surface area contributed by atoms with Crippen LogP contribution in [0.3, 0.4) is 0 Å². The van der Waals surface area contributed by atoms with Crippen molar-refractivity contribution in [2.75, 3.05) is 13.6 Å². The second kappa shape index (κ2) is 5.55. The lowest BCUT2D eigenvalue weighted by molar-refractivity contribution is 0.270. The maximum atomic E-state index is 2.40. The highest BCUT2D eigenvalue weighted by atomic mass is 15.1. The minimum absolute atomic E-state index is 0.326. The van der Waals surface area contributed by atoms with E-state index < -0.39 is 0 Å². The average molecular weight is 197 g/mol. The van der Waals surface area contributed by atoms with E-state index >= 15 is 0 Å². The Morgan fingerprint density at radius 1 is 1.29 bits per heavy atom. The van der Waals surface area contributed by atoms with Gasteiger partial charge in [0.2, 0.25) is 0 Å². The van der Waals surface area contributed by atoms with Gasteiger partial charge in [-0.05, 0) is 39.7 Å². The Morgan fingerprint density at radius 2 is 1.79 bits per heavy atom. The molecule has 0 aromatic heterocycles. The third kappa shape index (κ3) is 4.80. The summed E-state index contributed by atoms with van der Waals surface area (Å²) in [6.07, 6.45) is 3.46. The summed E-state index contributed by atoms with van der Waals surface area (Å²) in [6, 6.07) is 0.646. The maximum Gasteiger partial charge on any atom is 0.00356 e. The van der Waals surface area contributed by atoms with Crippen LogP contribution in [0, 0.1) is 5.41 Å². The van der Waals surface area contributed by atoms with E-state index in [-0.39, 0.29) is 0 Å². The van der Waals surface area contributed by atoms with Crippen molar-refractivity contribution in [3.05, 3.63) is 11.6 Å². The van der Waals surface area contributed by atoms with Crippen LogP contribution in [-0.2, 0) is 0 Å². The highest BCUT2D eigenvalue weighted by Crippen LogP contribution is 2.27. The van der Waals surface area contributed by atoms with Gasteiger partial charge in [0.15, 0.2) is 0 Å². The van der Waals surface area contributed by atoms with Crippen molar-refractivity contribution in [3.63, 3.8) is 0 Å². The smallest absolute Gasteiger partial charge is 0.00356 e. The number of hydrogen-bond donors (Lipinski definition) is 0. The second-order valence-electron chi connectivity index (χ2n) is 5.39. The zero-order valence-electron chi connectivity index (χ0n) is 11.0. The fourth-order valence-electron chi connectivity index (χ4n) is 1.51. The van der Waals surface area contributed by atoms with Gasteiger partial charge in [-0.1, -0.05) is 32.4 Å². The van der Waals surface area contributed by atoms with Crippen LogP contribution in [0.15, 0.2) is 11.6 Å². The predicted octanol–water partition coefficient (Wildman–Crippen LogP) is 3.71. The molecule has 0 bridgehead atoms. The molecule has 0 aromatic rings. The molecule has 0 aliphatic carbocycles. The molecule has 0 aromatic carbocycles. The topological polar surface area (TPSA) is 3.24 Å². The Balaban J connectivity index is 4.12. The molecule has 0 heterocycles. The lowest BCUT2D eigenvalue weighted by Gasteiger charge is -2.27. The van der Waals surface area contributed by atoms with Gasteiger partial charge >= 0.3 is 0 Å². The van der Waals surface area contributed by atoms with Gasteiger partial charge in [-0.15, -0.1) is 0 Å². The quantitative estimate of drug-likeness (QED) is 0.621. The summed E-state index contributed by atoms with van der Waals surface area (Å²) in [5.74, 6) is 0. The summed E-state index contributed by atoms with van der Waals surface area (Å²) in [6.45, 7) is 14.7. The van der Waals surface area contributed by atoms with Crippen LogP contribution in [0.2, 0.25) is 0 Å². The molecule has 1 heteroatoms. The van der Waals surface area contributed by atoms with Gasteiger partial charge in [0.1, 0.15) is 0 Å². The van der Waals surface area contributed by atoms with Gasteiger partial charge in [0, 0.05) is 12.6 Å². The van der Waals surface area contributed by atoms with E-state index in [4.69, 9.17) is 0 Å². The van der Waals surface area contributed by atoms with Crippen molar-refractivity contribution < 1.29 is 0 Å². The van der Waals surface area contributed by atoms with Crippen LogP contribution in [0.25, 0.3) is 0 Å². The standard InChI is InChI=1S/C13H27N/c1-8-12(13(4,5)6)9-10-14(7)11(2)3/h8,11H,9-10H2,1-7H3/b12-8+. The van der Waals surface area contributed by atoms with Gasteiger partial charge in [0.25, 0.3) is 0 Å². The average Bonchev–Trinajstić information content (AvgIpc) is 2.02. The Bertz CT molecular complexity index is 184. The maximum absolute atomic E-state index is 2.40. The monoisotopic (exact) mass is 197 g/mol. The summed E-state index contributed by atoms with van der Waals surface area (Å²) >= 11 is 0. The van der Waals surface area contributed by atoms with Crippen molar-refractivity contribution in [3.8, 4) is 0 Å². The van der Waals surface area contributed by atoms with Crippen molar-refractivity contribution in [1.29, 1.82) is 0 Å². The summed E-state index contributed by atoms with van der Waals surface area (Å²) in [5, 5.41) is 0. The fraction of sp³-hybridized carbons (Fsp3) is 0.846. The highest BCUT2D eigenvalue weighted by Gasteiger charge is 2.16. The van der Waals surface area contributed by atoms with Gasteiger partial charge in [-0.2, -0.15) is 0 Å². The van der Waals surface area contributed by atoms with E-state index in [1.165, 1.54) is 6.42 Å². The molecule has 14 heavy (non-hydrogen) atoms. The van der Waals surface area contributed by atoms with Gasteiger partial charge in [0.05, 0.1) is 0 Å². The van der Waals surface area contributed by atoms with Crippen LogP contribution in [0.1, 0.15) is 48.0 Å². The number of hydrogen-bond acceptors (Lipinski definition) is 1. The zero-order valence-corrected chi connectivity index (χ0v) is 11.0. The molecule has 0 saturated carbocycles. The molecule has 0 aliphatic rings. The molecule has 0 radical (unpaired) electrons. The molecule has 0 N–H and O–H groups in total. The van der Waals surface area contributed by atoms with E-state index in [0.29, 0.717) is 11.5 Å². The summed E-state index contributed by atoms with van der Waals surface area (Å²) < 4.78 is 0. The Hall–Kier alpha value is -0.300. The van der Waals surface area contributed by atoms with Crippen LogP contribution in [-0.4, -0.2) is 24.5 Å². The lowest BCUT2D eigenvalue weighted by Crippen LogP contribution is -2.28. The van der Waals surface area contributed by atoms with Crippen LogP contribution >= 0.6 is 0 Å². The first-order valence-corrected chi connectivity index (χ1v) is 5.65. The molecular formula is C13H27N. The fourth-order valence-corrected chi connectivity index (χ4v) is 1.51. The minimum Gasteiger partial charge on any atom is -0.304 e. The highest BCUT2D eigenvalue weighted by molar-refractivity contribution is 5.09.